The van der Waals surface area contributed by atoms with Crippen LogP contribution in [0.3, 0.4) is 0 Å². The number of hydrogen-bond acceptors (Lipinski definition) is 4. The maximum Gasteiger partial charge on any atom is 0.335 e. The van der Waals surface area contributed by atoms with E-state index in [4.69, 9.17) is 22.0 Å². The van der Waals surface area contributed by atoms with Crippen molar-refractivity contribution in [2.75, 3.05) is 24.5 Å². The van der Waals surface area contributed by atoms with Crippen molar-refractivity contribution >= 4 is 23.3 Å². The highest BCUT2D eigenvalue weighted by Crippen LogP contribution is 2.45. The Morgan fingerprint density at radius 1 is 1.34 bits per heavy atom. The standard InChI is InChI=1S/C23H26ClN3O2/c1-16-13-23(15-27(16)20-7-4-18(14-25)21(24)12-20)8-10-26(11-9-23)19-5-2-17(3-6-19)22(28)29/h2-5,7,12,16,19H,6,8-11,13,15H2,1H3,(H,28,29)/t16-,19?/m0/s1. The van der Waals surface area contributed by atoms with Crippen LogP contribution in [0.1, 0.15) is 38.2 Å². The van der Waals surface area contributed by atoms with E-state index in [1.807, 2.05) is 30.4 Å². The largest absolute Gasteiger partial charge is 0.478 e. The molecular formula is C23H26ClN3O2. The molecule has 2 saturated heterocycles. The zero-order chi connectivity index (χ0) is 20.6. The van der Waals surface area contributed by atoms with Crippen molar-refractivity contribution in [2.24, 2.45) is 5.41 Å². The Balaban J connectivity index is 1.39. The number of carbonyl (C=O) groups is 1. The van der Waals surface area contributed by atoms with E-state index >= 15 is 0 Å². The molecule has 1 unspecified atom stereocenters. The Morgan fingerprint density at radius 2 is 2.10 bits per heavy atom. The van der Waals surface area contributed by atoms with Gasteiger partial charge in [0.15, 0.2) is 0 Å². The van der Waals surface area contributed by atoms with E-state index in [2.05, 4.69) is 22.8 Å². The van der Waals surface area contributed by atoms with Crippen molar-refractivity contribution in [1.29, 1.82) is 5.26 Å². The summed E-state index contributed by atoms with van der Waals surface area (Å²) in [6.07, 6.45) is 9.87. The summed E-state index contributed by atoms with van der Waals surface area (Å²) in [4.78, 5) is 16.0. The summed E-state index contributed by atoms with van der Waals surface area (Å²) < 4.78 is 0. The van der Waals surface area contributed by atoms with E-state index in [1.54, 1.807) is 6.08 Å². The minimum absolute atomic E-state index is 0.308. The topological polar surface area (TPSA) is 67.6 Å². The van der Waals surface area contributed by atoms with E-state index in [1.165, 1.54) is 6.42 Å². The van der Waals surface area contributed by atoms with Crippen molar-refractivity contribution in [3.63, 3.8) is 0 Å². The normalized spacial score (nSPS) is 26.4. The SMILES string of the molecule is C[C@H]1CC2(CCN(C3C=CC(C(=O)O)=CC3)CC2)CN1c1ccc(C#N)c(Cl)c1. The summed E-state index contributed by atoms with van der Waals surface area (Å²) in [5.74, 6) is -0.847. The lowest BCUT2D eigenvalue weighted by Gasteiger charge is -2.42. The van der Waals surface area contributed by atoms with Crippen molar-refractivity contribution in [2.45, 2.75) is 44.7 Å². The van der Waals surface area contributed by atoms with Gasteiger partial charge in [0.2, 0.25) is 0 Å². The minimum atomic E-state index is -0.847. The van der Waals surface area contributed by atoms with E-state index in [0.29, 0.717) is 33.7 Å². The molecule has 0 bridgehead atoms. The molecule has 6 heteroatoms. The van der Waals surface area contributed by atoms with E-state index in [-0.39, 0.29) is 0 Å². The third-order valence-corrected chi connectivity index (χ3v) is 7.14. The molecule has 2 heterocycles. The highest BCUT2D eigenvalue weighted by Gasteiger charge is 2.44. The number of nitriles is 1. The van der Waals surface area contributed by atoms with E-state index in [9.17, 15) is 4.79 Å². The fourth-order valence-electron chi connectivity index (χ4n) is 5.17. The molecule has 2 aliphatic heterocycles. The van der Waals surface area contributed by atoms with E-state index < -0.39 is 5.97 Å². The molecule has 0 saturated carbocycles. The van der Waals surface area contributed by atoms with Crippen molar-refractivity contribution in [3.8, 4) is 6.07 Å². The van der Waals surface area contributed by atoms with Gasteiger partial charge in [-0.15, -0.1) is 0 Å². The van der Waals surface area contributed by atoms with Crippen LogP contribution in [-0.4, -0.2) is 47.7 Å². The molecular weight excluding hydrogens is 386 g/mol. The monoisotopic (exact) mass is 411 g/mol. The van der Waals surface area contributed by atoms with Gasteiger partial charge < -0.3 is 10.0 Å². The first-order chi connectivity index (χ1) is 13.9. The lowest BCUT2D eigenvalue weighted by atomic mass is 9.76. The van der Waals surface area contributed by atoms with Crippen LogP contribution < -0.4 is 4.90 Å². The lowest BCUT2D eigenvalue weighted by Crippen LogP contribution is -2.45. The zero-order valence-electron chi connectivity index (χ0n) is 16.6. The molecule has 29 heavy (non-hydrogen) atoms. The number of halogens is 1. The molecule has 1 aromatic carbocycles. The summed E-state index contributed by atoms with van der Waals surface area (Å²) in [6.45, 7) is 5.38. The molecule has 1 aliphatic carbocycles. The number of benzene rings is 1. The average molecular weight is 412 g/mol. The first kappa shape index (κ1) is 20.0. The van der Waals surface area contributed by atoms with Gasteiger partial charge in [0.25, 0.3) is 0 Å². The fraction of sp³-hybridized carbons (Fsp3) is 0.478. The van der Waals surface area contributed by atoms with Gasteiger partial charge in [0.05, 0.1) is 16.2 Å². The first-order valence-corrected chi connectivity index (χ1v) is 10.6. The maximum absolute atomic E-state index is 11.1. The van der Waals surface area contributed by atoms with E-state index in [0.717, 1.165) is 44.6 Å². The van der Waals surface area contributed by atoms with Crippen LogP contribution in [0.2, 0.25) is 5.02 Å². The first-order valence-electron chi connectivity index (χ1n) is 10.2. The van der Waals surface area contributed by atoms with Crippen LogP contribution in [0.25, 0.3) is 0 Å². The Morgan fingerprint density at radius 3 is 2.69 bits per heavy atom. The van der Waals surface area contributed by atoms with Crippen molar-refractivity contribution < 1.29 is 9.90 Å². The highest BCUT2D eigenvalue weighted by atomic mass is 35.5. The lowest BCUT2D eigenvalue weighted by molar-refractivity contribution is -0.132. The summed E-state index contributed by atoms with van der Waals surface area (Å²) in [7, 11) is 0. The van der Waals surface area contributed by atoms with Gasteiger partial charge in [0.1, 0.15) is 6.07 Å². The van der Waals surface area contributed by atoms with Crippen LogP contribution >= 0.6 is 11.6 Å². The smallest absolute Gasteiger partial charge is 0.335 e. The summed E-state index contributed by atoms with van der Waals surface area (Å²) in [5, 5.41) is 18.7. The summed E-state index contributed by atoms with van der Waals surface area (Å²) >= 11 is 6.26. The zero-order valence-corrected chi connectivity index (χ0v) is 17.4. The Kier molecular flexibility index (Phi) is 5.42. The number of hydrogen-bond donors (Lipinski definition) is 1. The molecule has 1 N–H and O–H groups in total. The number of anilines is 1. The molecule has 0 radical (unpaired) electrons. The Bertz CT molecular complexity index is 909. The van der Waals surface area contributed by atoms with Crippen LogP contribution in [0, 0.1) is 16.7 Å². The Hall–Kier alpha value is -2.29. The van der Waals surface area contributed by atoms with Crippen LogP contribution in [-0.2, 0) is 4.79 Å². The molecule has 2 fully saturated rings. The number of carboxylic acids is 1. The second-order valence-electron chi connectivity index (χ2n) is 8.62. The van der Waals surface area contributed by atoms with Gasteiger partial charge in [-0.05, 0) is 69.3 Å². The molecule has 2 atom stereocenters. The predicted octanol–water partition coefficient (Wildman–Crippen LogP) is 4.23. The quantitative estimate of drug-likeness (QED) is 0.806. The van der Waals surface area contributed by atoms with Gasteiger partial charge in [-0.3, -0.25) is 4.90 Å². The van der Waals surface area contributed by atoms with Gasteiger partial charge in [-0.2, -0.15) is 5.26 Å². The second-order valence-corrected chi connectivity index (χ2v) is 9.03. The number of aliphatic carboxylic acids is 1. The molecule has 1 aromatic rings. The molecule has 0 aromatic heterocycles. The third kappa shape index (κ3) is 3.92. The van der Waals surface area contributed by atoms with Crippen molar-refractivity contribution in [1.82, 2.24) is 4.90 Å². The highest BCUT2D eigenvalue weighted by molar-refractivity contribution is 6.32. The summed E-state index contributed by atoms with van der Waals surface area (Å²) in [5.41, 5.74) is 2.33. The number of nitrogens with zero attached hydrogens (tertiary/aromatic N) is 3. The molecule has 5 nitrogen and oxygen atoms in total. The third-order valence-electron chi connectivity index (χ3n) is 6.82. The fourth-order valence-corrected chi connectivity index (χ4v) is 5.39. The Labute approximate surface area is 176 Å². The minimum Gasteiger partial charge on any atom is -0.478 e. The molecule has 1 spiro atoms. The number of rotatable bonds is 3. The molecule has 3 aliphatic rings. The number of piperidine rings is 1. The summed E-state index contributed by atoms with van der Waals surface area (Å²) in [6, 6.07) is 8.62. The number of carboxylic acid groups (broad SMARTS) is 1. The van der Waals surface area contributed by atoms with Gasteiger partial charge in [0, 0.05) is 24.3 Å². The van der Waals surface area contributed by atoms with Crippen LogP contribution in [0.5, 0.6) is 0 Å². The van der Waals surface area contributed by atoms with Gasteiger partial charge >= 0.3 is 5.97 Å². The number of likely N-dealkylation sites (tertiary alicyclic amines) is 1. The van der Waals surface area contributed by atoms with Crippen LogP contribution in [0.15, 0.2) is 42.0 Å². The van der Waals surface area contributed by atoms with Crippen LogP contribution in [0.4, 0.5) is 5.69 Å². The van der Waals surface area contributed by atoms with Gasteiger partial charge in [-0.1, -0.05) is 29.8 Å². The average Bonchev–Trinajstić information content (AvgIpc) is 3.04. The van der Waals surface area contributed by atoms with Crippen molar-refractivity contribution in [3.05, 3.63) is 52.6 Å². The van der Waals surface area contributed by atoms with Gasteiger partial charge in [-0.25, -0.2) is 4.79 Å². The molecule has 0 amide bonds. The predicted molar refractivity (Wildman–Crippen MR) is 114 cm³/mol. The molecule has 4 rings (SSSR count). The second kappa shape index (κ2) is 7.85. The molecule has 152 valence electrons. The maximum atomic E-state index is 11.1.